The van der Waals surface area contributed by atoms with Gasteiger partial charge in [0.25, 0.3) is 5.91 Å². The molecule has 0 unspecified atom stereocenters. The van der Waals surface area contributed by atoms with Gasteiger partial charge in [0.05, 0.1) is 16.6 Å². The van der Waals surface area contributed by atoms with E-state index in [2.05, 4.69) is 44.5 Å². The molecule has 0 aliphatic carbocycles. The predicted octanol–water partition coefficient (Wildman–Crippen LogP) is 5.02. The van der Waals surface area contributed by atoms with Gasteiger partial charge in [-0.1, -0.05) is 48.5 Å². The van der Waals surface area contributed by atoms with Crippen LogP contribution in [-0.2, 0) is 13.1 Å². The van der Waals surface area contributed by atoms with E-state index < -0.39 is 5.82 Å². The second-order valence-electron chi connectivity index (χ2n) is 7.73. The zero-order valence-corrected chi connectivity index (χ0v) is 18.1. The van der Waals surface area contributed by atoms with Crippen molar-refractivity contribution < 1.29 is 9.18 Å². The normalized spacial score (nSPS) is 11.2. The number of hydrogen-bond acceptors (Lipinski definition) is 3. The zero-order chi connectivity index (χ0) is 22.0. The second-order valence-corrected chi connectivity index (χ2v) is 8.14. The summed E-state index contributed by atoms with van der Waals surface area (Å²) >= 11 is 5.08. The molecular weight excluding hydrogens is 411 g/mol. The van der Waals surface area contributed by atoms with Gasteiger partial charge in [0.2, 0.25) is 0 Å². The van der Waals surface area contributed by atoms with Crippen molar-refractivity contribution in [2.75, 3.05) is 14.1 Å². The van der Waals surface area contributed by atoms with Crippen LogP contribution in [0.2, 0.25) is 0 Å². The topological polar surface area (TPSA) is 63.9 Å². The lowest BCUT2D eigenvalue weighted by Gasteiger charge is -2.13. The van der Waals surface area contributed by atoms with Crippen molar-refractivity contribution in [3.05, 3.63) is 87.9 Å². The summed E-state index contributed by atoms with van der Waals surface area (Å²) in [5.41, 5.74) is 5.51. The Morgan fingerprint density at radius 3 is 2.55 bits per heavy atom. The number of amides is 1. The molecule has 4 aromatic rings. The molecule has 0 bridgehead atoms. The number of aromatic amines is 2. The van der Waals surface area contributed by atoms with E-state index in [9.17, 15) is 9.18 Å². The summed E-state index contributed by atoms with van der Waals surface area (Å²) in [5, 5.41) is 2.91. The fourth-order valence-electron chi connectivity index (χ4n) is 3.67. The molecule has 7 heteroatoms. The van der Waals surface area contributed by atoms with Crippen molar-refractivity contribution in [3.8, 4) is 11.1 Å². The number of carbonyl (C=O) groups is 1. The number of hydrogen-bond donors (Lipinski definition) is 3. The average molecular weight is 435 g/mol. The Balaban J connectivity index is 1.56. The fraction of sp³-hybridized carbons (Fsp3) is 0.167. The van der Waals surface area contributed by atoms with Crippen LogP contribution in [0.1, 0.15) is 21.5 Å². The SMILES string of the molecule is CN(C)Cc1ccc(-c2ccccc2CNC(=O)c2cc(F)cc3[nH]c(=S)[nH]c23)cc1. The summed E-state index contributed by atoms with van der Waals surface area (Å²) < 4.78 is 14.3. The quantitative estimate of drug-likeness (QED) is 0.373. The number of rotatable bonds is 6. The van der Waals surface area contributed by atoms with Gasteiger partial charge in [-0.05, 0) is 60.7 Å². The van der Waals surface area contributed by atoms with Crippen molar-refractivity contribution >= 4 is 29.2 Å². The van der Waals surface area contributed by atoms with Gasteiger partial charge in [0.15, 0.2) is 4.77 Å². The molecule has 1 heterocycles. The number of halogens is 1. The fourth-order valence-corrected chi connectivity index (χ4v) is 3.88. The van der Waals surface area contributed by atoms with Gasteiger partial charge in [-0.25, -0.2) is 4.39 Å². The van der Waals surface area contributed by atoms with Crippen molar-refractivity contribution in [3.63, 3.8) is 0 Å². The highest BCUT2D eigenvalue weighted by molar-refractivity contribution is 7.71. The molecule has 31 heavy (non-hydrogen) atoms. The minimum absolute atomic E-state index is 0.216. The molecule has 1 aromatic heterocycles. The number of H-pyrrole nitrogens is 2. The summed E-state index contributed by atoms with van der Waals surface area (Å²) in [6.45, 7) is 1.19. The number of imidazole rings is 1. The van der Waals surface area contributed by atoms with E-state index >= 15 is 0 Å². The van der Waals surface area contributed by atoms with Gasteiger partial charge in [0.1, 0.15) is 5.82 Å². The van der Waals surface area contributed by atoms with E-state index in [4.69, 9.17) is 12.2 Å². The van der Waals surface area contributed by atoms with E-state index in [0.29, 0.717) is 22.3 Å². The van der Waals surface area contributed by atoms with E-state index in [-0.39, 0.29) is 11.5 Å². The van der Waals surface area contributed by atoms with E-state index in [1.165, 1.54) is 17.7 Å². The first-order chi connectivity index (χ1) is 14.9. The minimum atomic E-state index is -0.499. The van der Waals surface area contributed by atoms with Crippen LogP contribution in [0.5, 0.6) is 0 Å². The molecular formula is C24H23FN4OS. The van der Waals surface area contributed by atoms with Gasteiger partial charge >= 0.3 is 0 Å². The lowest BCUT2D eigenvalue weighted by Crippen LogP contribution is -2.23. The average Bonchev–Trinajstić information content (AvgIpc) is 3.11. The number of fused-ring (bicyclic) bond motifs is 1. The van der Waals surface area contributed by atoms with Crippen molar-refractivity contribution in [1.82, 2.24) is 20.2 Å². The Kier molecular flexibility index (Phi) is 5.97. The first kappa shape index (κ1) is 21.0. The van der Waals surface area contributed by atoms with Gasteiger partial charge < -0.3 is 20.2 Å². The Morgan fingerprint density at radius 1 is 1.06 bits per heavy atom. The Bertz CT molecular complexity index is 1290. The highest BCUT2D eigenvalue weighted by Gasteiger charge is 2.15. The molecule has 0 saturated heterocycles. The number of aromatic nitrogens is 2. The lowest BCUT2D eigenvalue weighted by atomic mass is 9.98. The predicted molar refractivity (Wildman–Crippen MR) is 124 cm³/mol. The number of carbonyl (C=O) groups excluding carboxylic acids is 1. The third-order valence-electron chi connectivity index (χ3n) is 5.05. The highest BCUT2D eigenvalue weighted by Crippen LogP contribution is 2.25. The summed E-state index contributed by atoms with van der Waals surface area (Å²) in [6.07, 6.45) is 0. The number of benzene rings is 3. The summed E-state index contributed by atoms with van der Waals surface area (Å²) in [4.78, 5) is 20.7. The molecule has 0 spiro atoms. The lowest BCUT2D eigenvalue weighted by molar-refractivity contribution is 0.0952. The van der Waals surface area contributed by atoms with Crippen LogP contribution in [0.15, 0.2) is 60.7 Å². The summed E-state index contributed by atoms with van der Waals surface area (Å²) in [5.74, 6) is -0.869. The van der Waals surface area contributed by atoms with Gasteiger partial charge in [-0.3, -0.25) is 4.79 Å². The van der Waals surface area contributed by atoms with E-state index in [0.717, 1.165) is 23.2 Å². The molecule has 3 aromatic carbocycles. The van der Waals surface area contributed by atoms with Gasteiger partial charge in [-0.15, -0.1) is 0 Å². The smallest absolute Gasteiger partial charge is 0.253 e. The second kappa shape index (κ2) is 8.83. The molecule has 1 amide bonds. The number of nitrogens with one attached hydrogen (secondary N) is 3. The van der Waals surface area contributed by atoms with E-state index in [1.54, 1.807) is 0 Å². The van der Waals surface area contributed by atoms with Crippen molar-refractivity contribution in [2.24, 2.45) is 0 Å². The maximum atomic E-state index is 14.0. The van der Waals surface area contributed by atoms with Crippen LogP contribution < -0.4 is 5.32 Å². The molecule has 0 aliphatic rings. The highest BCUT2D eigenvalue weighted by atomic mass is 32.1. The van der Waals surface area contributed by atoms with Crippen LogP contribution in [0.3, 0.4) is 0 Å². The van der Waals surface area contributed by atoms with Crippen molar-refractivity contribution in [1.29, 1.82) is 0 Å². The first-order valence-corrected chi connectivity index (χ1v) is 10.3. The summed E-state index contributed by atoms with van der Waals surface area (Å²) in [7, 11) is 4.08. The van der Waals surface area contributed by atoms with Gasteiger partial charge in [0, 0.05) is 13.1 Å². The van der Waals surface area contributed by atoms with Crippen LogP contribution in [0.4, 0.5) is 4.39 Å². The molecule has 4 rings (SSSR count). The molecule has 0 fully saturated rings. The van der Waals surface area contributed by atoms with Crippen molar-refractivity contribution in [2.45, 2.75) is 13.1 Å². The first-order valence-electron chi connectivity index (χ1n) is 9.92. The van der Waals surface area contributed by atoms with E-state index in [1.807, 2.05) is 38.4 Å². The van der Waals surface area contributed by atoms with Crippen LogP contribution in [0.25, 0.3) is 22.2 Å². The van der Waals surface area contributed by atoms with Crippen LogP contribution in [-0.4, -0.2) is 34.9 Å². The molecule has 5 nitrogen and oxygen atoms in total. The maximum absolute atomic E-state index is 14.0. The summed E-state index contributed by atoms with van der Waals surface area (Å²) in [6, 6.07) is 18.9. The number of nitrogens with zero attached hydrogens (tertiary/aromatic N) is 1. The Labute approximate surface area is 184 Å². The molecule has 0 atom stereocenters. The minimum Gasteiger partial charge on any atom is -0.348 e. The van der Waals surface area contributed by atoms with Gasteiger partial charge in [-0.2, -0.15) is 0 Å². The molecule has 3 N–H and O–H groups in total. The zero-order valence-electron chi connectivity index (χ0n) is 17.3. The maximum Gasteiger partial charge on any atom is 0.253 e. The molecule has 158 valence electrons. The third-order valence-corrected chi connectivity index (χ3v) is 5.26. The third kappa shape index (κ3) is 4.73. The molecule has 0 aliphatic heterocycles. The van der Waals surface area contributed by atoms with Crippen LogP contribution >= 0.6 is 12.2 Å². The largest absolute Gasteiger partial charge is 0.348 e. The molecule has 0 radical (unpaired) electrons. The monoisotopic (exact) mass is 434 g/mol. The molecule has 0 saturated carbocycles. The standard InChI is InChI=1S/C24H23FN4OS/c1-29(2)14-15-7-9-16(10-8-15)19-6-4-3-5-17(19)13-26-23(30)20-11-18(25)12-21-22(20)28-24(31)27-21/h3-12H,13-14H2,1-2H3,(H,26,30)(H2,27,28,31). The Hall–Kier alpha value is -3.29. The Morgan fingerprint density at radius 2 is 1.81 bits per heavy atom. The van der Waals surface area contributed by atoms with Crippen LogP contribution in [0, 0.1) is 10.6 Å².